The first-order chi connectivity index (χ1) is 15.5. The van der Waals surface area contributed by atoms with Crippen LogP contribution < -0.4 is 23.8 Å². The Kier molecular flexibility index (Phi) is 7.43. The number of carbonyl (C=O) groups excluding carboxylic acids is 1. The quantitative estimate of drug-likeness (QED) is 0.441. The van der Waals surface area contributed by atoms with E-state index < -0.39 is 5.82 Å². The molecule has 1 aromatic heterocycles. The number of hydrogen-bond acceptors (Lipinski definition) is 8. The zero-order valence-corrected chi connectivity index (χ0v) is 18.3. The Labute approximate surface area is 185 Å². The molecule has 0 amide bonds. The second-order valence-corrected chi connectivity index (χ2v) is 6.73. The molecule has 0 saturated carbocycles. The molecule has 3 aromatic rings. The molecule has 0 aliphatic rings. The number of benzene rings is 2. The zero-order valence-electron chi connectivity index (χ0n) is 18.3. The molecule has 2 aromatic carbocycles. The van der Waals surface area contributed by atoms with Gasteiger partial charge in [0.25, 0.3) is 0 Å². The van der Waals surface area contributed by atoms with Gasteiger partial charge in [-0.05, 0) is 24.3 Å². The van der Waals surface area contributed by atoms with Crippen LogP contribution in [0.3, 0.4) is 0 Å². The third-order valence-corrected chi connectivity index (χ3v) is 4.86. The smallest absolute Gasteiger partial charge is 0.194 e. The predicted molar refractivity (Wildman–Crippen MR) is 116 cm³/mol. The van der Waals surface area contributed by atoms with E-state index >= 15 is 0 Å². The molecule has 0 saturated heterocycles. The maximum Gasteiger partial charge on any atom is 0.194 e. The highest BCUT2D eigenvalue weighted by Gasteiger charge is 2.20. The number of halogens is 1. The fourth-order valence-corrected chi connectivity index (χ4v) is 3.23. The minimum atomic E-state index is -0.657. The number of aldehydes is 1. The van der Waals surface area contributed by atoms with Crippen molar-refractivity contribution >= 4 is 12.1 Å². The number of aromatic nitrogens is 2. The Morgan fingerprint density at radius 1 is 0.875 bits per heavy atom. The second-order valence-electron chi connectivity index (χ2n) is 6.73. The van der Waals surface area contributed by atoms with Gasteiger partial charge in [0, 0.05) is 36.3 Å². The van der Waals surface area contributed by atoms with Crippen LogP contribution >= 0.6 is 0 Å². The van der Waals surface area contributed by atoms with Gasteiger partial charge in [-0.15, -0.1) is 0 Å². The first-order valence-electron chi connectivity index (χ1n) is 9.67. The van der Waals surface area contributed by atoms with Gasteiger partial charge in [-0.2, -0.15) is 0 Å². The Morgan fingerprint density at radius 2 is 1.41 bits per heavy atom. The average Bonchev–Trinajstić information content (AvgIpc) is 2.84. The van der Waals surface area contributed by atoms with Crippen LogP contribution in [0.2, 0.25) is 0 Å². The molecule has 0 fully saturated rings. The lowest BCUT2D eigenvalue weighted by Crippen LogP contribution is -2.25. The number of nitrogens with zero attached hydrogens (tertiary/aromatic N) is 3. The van der Waals surface area contributed by atoms with E-state index in [1.165, 1.54) is 0 Å². The zero-order chi connectivity index (χ0) is 23.1. The van der Waals surface area contributed by atoms with E-state index in [-0.39, 0.29) is 24.7 Å². The van der Waals surface area contributed by atoms with Gasteiger partial charge in [-0.1, -0.05) is 0 Å². The van der Waals surface area contributed by atoms with Gasteiger partial charge < -0.3 is 23.8 Å². The van der Waals surface area contributed by atoms with Gasteiger partial charge >= 0.3 is 0 Å². The second kappa shape index (κ2) is 10.4. The van der Waals surface area contributed by atoms with Crippen molar-refractivity contribution in [3.8, 4) is 23.0 Å². The van der Waals surface area contributed by atoms with E-state index in [0.717, 1.165) is 17.3 Å². The molecule has 0 radical (unpaired) electrons. The molecule has 0 bridgehead atoms. The summed E-state index contributed by atoms with van der Waals surface area (Å²) in [6.45, 7) is 0.461. The van der Waals surface area contributed by atoms with Gasteiger partial charge in [0.2, 0.25) is 0 Å². The molecule has 0 aliphatic heterocycles. The molecule has 168 valence electrons. The lowest BCUT2D eigenvalue weighted by Gasteiger charge is -2.26. The molecule has 0 N–H and O–H groups in total. The number of anilines is 1. The number of hydrogen-bond donors (Lipinski definition) is 0. The Morgan fingerprint density at radius 3 is 1.84 bits per heavy atom. The third kappa shape index (κ3) is 5.05. The van der Waals surface area contributed by atoms with Gasteiger partial charge in [0.15, 0.2) is 23.7 Å². The van der Waals surface area contributed by atoms with E-state index in [0.29, 0.717) is 29.3 Å². The normalized spacial score (nSPS) is 10.4. The van der Waals surface area contributed by atoms with Gasteiger partial charge in [-0.25, -0.2) is 14.4 Å². The van der Waals surface area contributed by atoms with Crippen molar-refractivity contribution in [2.45, 2.75) is 13.1 Å². The van der Waals surface area contributed by atoms with Crippen LogP contribution in [-0.4, -0.2) is 44.7 Å². The van der Waals surface area contributed by atoms with Crippen molar-refractivity contribution in [3.05, 3.63) is 65.4 Å². The van der Waals surface area contributed by atoms with E-state index in [1.807, 2.05) is 12.1 Å². The molecule has 0 unspecified atom stereocenters. The highest BCUT2D eigenvalue weighted by atomic mass is 19.1. The van der Waals surface area contributed by atoms with Crippen LogP contribution in [0.15, 0.2) is 42.6 Å². The average molecular weight is 441 g/mol. The van der Waals surface area contributed by atoms with Gasteiger partial charge in [-0.3, -0.25) is 4.79 Å². The summed E-state index contributed by atoms with van der Waals surface area (Å²) in [5, 5.41) is 0. The number of ether oxygens (including phenoxy) is 4. The molecule has 32 heavy (non-hydrogen) atoms. The maximum absolute atomic E-state index is 14.8. The minimum absolute atomic E-state index is 0.0159. The maximum atomic E-state index is 14.8. The largest absolute Gasteiger partial charge is 0.497 e. The van der Waals surface area contributed by atoms with E-state index in [2.05, 4.69) is 9.97 Å². The summed E-state index contributed by atoms with van der Waals surface area (Å²) in [4.78, 5) is 20.7. The van der Waals surface area contributed by atoms with Crippen molar-refractivity contribution < 1.29 is 28.1 Å². The third-order valence-electron chi connectivity index (χ3n) is 4.86. The number of rotatable bonds is 10. The van der Waals surface area contributed by atoms with E-state index in [1.54, 1.807) is 57.6 Å². The molecule has 1 heterocycles. The number of methoxy groups -OCH3 is 4. The van der Waals surface area contributed by atoms with Crippen LogP contribution in [-0.2, 0) is 13.1 Å². The van der Waals surface area contributed by atoms with Crippen LogP contribution in [0.4, 0.5) is 10.2 Å². The summed E-state index contributed by atoms with van der Waals surface area (Å²) in [7, 11) is 6.22. The predicted octanol–water partition coefficient (Wildman–Crippen LogP) is 3.67. The van der Waals surface area contributed by atoms with Crippen molar-refractivity contribution in [2.75, 3.05) is 33.3 Å². The molecule has 0 aliphatic carbocycles. The van der Waals surface area contributed by atoms with E-state index in [9.17, 15) is 9.18 Å². The summed E-state index contributed by atoms with van der Waals surface area (Å²) in [5.41, 5.74) is 1.54. The topological polar surface area (TPSA) is 83.0 Å². The Hall–Kier alpha value is -3.88. The minimum Gasteiger partial charge on any atom is -0.497 e. The fourth-order valence-electron chi connectivity index (χ4n) is 3.23. The number of carbonyl (C=O) groups is 1. The van der Waals surface area contributed by atoms with Crippen LogP contribution in [0.25, 0.3) is 0 Å². The summed E-state index contributed by atoms with van der Waals surface area (Å²) < 4.78 is 36.3. The lowest BCUT2D eigenvalue weighted by molar-refractivity contribution is 0.111. The lowest BCUT2D eigenvalue weighted by atomic mass is 10.1. The van der Waals surface area contributed by atoms with Crippen LogP contribution in [0, 0.1) is 5.82 Å². The molecule has 9 heteroatoms. The molecular formula is C23H24FN3O5. The molecular weight excluding hydrogens is 417 g/mol. The fraction of sp³-hybridized carbons (Fsp3) is 0.261. The standard InChI is InChI=1S/C23H24FN3O5/c1-29-17-7-5-15(20(9-17)31-3)12-27(23-19(24)11-25-22(14-28)26-23)13-16-6-8-18(30-2)10-21(16)32-4/h5-11,14H,12-13H2,1-4H3. The Balaban J connectivity index is 2.06. The molecule has 8 nitrogen and oxygen atoms in total. The SMILES string of the molecule is COc1ccc(CN(Cc2ccc(OC)cc2OC)c2nc(C=O)ncc2F)c(OC)c1. The Bertz CT molecular complexity index is 1040. The van der Waals surface area contributed by atoms with Crippen molar-refractivity contribution in [3.63, 3.8) is 0 Å². The van der Waals surface area contributed by atoms with Crippen LogP contribution in [0.5, 0.6) is 23.0 Å². The summed E-state index contributed by atoms with van der Waals surface area (Å²) >= 11 is 0. The summed E-state index contributed by atoms with van der Waals surface area (Å²) in [6.07, 6.45) is 1.46. The van der Waals surface area contributed by atoms with Crippen molar-refractivity contribution in [1.82, 2.24) is 9.97 Å². The van der Waals surface area contributed by atoms with Crippen molar-refractivity contribution in [1.29, 1.82) is 0 Å². The monoisotopic (exact) mass is 441 g/mol. The molecule has 0 spiro atoms. The summed E-state index contributed by atoms with van der Waals surface area (Å²) in [5.74, 6) is 1.61. The highest BCUT2D eigenvalue weighted by molar-refractivity contribution is 5.69. The van der Waals surface area contributed by atoms with Crippen molar-refractivity contribution in [2.24, 2.45) is 0 Å². The first kappa shape index (κ1) is 22.8. The van der Waals surface area contributed by atoms with Gasteiger partial charge in [0.05, 0.1) is 34.6 Å². The molecule has 3 rings (SSSR count). The molecule has 0 atom stereocenters. The van der Waals surface area contributed by atoms with Gasteiger partial charge in [0.1, 0.15) is 23.0 Å². The first-order valence-corrected chi connectivity index (χ1v) is 9.67. The van der Waals surface area contributed by atoms with E-state index in [4.69, 9.17) is 18.9 Å². The van der Waals surface area contributed by atoms with Crippen LogP contribution in [0.1, 0.15) is 21.7 Å². The summed E-state index contributed by atoms with van der Waals surface area (Å²) in [6, 6.07) is 10.7. The highest BCUT2D eigenvalue weighted by Crippen LogP contribution is 2.31.